The maximum absolute atomic E-state index is 11.6. The van der Waals surface area contributed by atoms with E-state index >= 15 is 0 Å². The molecule has 13 heavy (non-hydrogen) atoms. The first-order valence-electron chi connectivity index (χ1n) is 4.49. The van der Waals surface area contributed by atoms with Gasteiger partial charge in [-0.05, 0) is 31.4 Å². The molecule has 1 saturated carbocycles. The zero-order valence-electron chi connectivity index (χ0n) is 7.51. The molecule has 0 radical (unpaired) electrons. The molecule has 1 fully saturated rings. The van der Waals surface area contributed by atoms with Gasteiger partial charge in [-0.15, -0.1) is 0 Å². The monoisotopic (exact) mass is 238 g/mol. The van der Waals surface area contributed by atoms with Gasteiger partial charge in [-0.1, -0.05) is 28.1 Å². The molecule has 0 heterocycles. The molecular weight excluding hydrogens is 228 g/mol. The first-order valence-corrected chi connectivity index (χ1v) is 5.28. The number of Topliss-reactive ketones (excluding diaryl/α,β-unsaturated/α-hetero) is 1. The molecule has 0 aliphatic heterocycles. The zero-order valence-corrected chi connectivity index (χ0v) is 9.10. The van der Waals surface area contributed by atoms with E-state index in [0.717, 1.165) is 22.9 Å². The summed E-state index contributed by atoms with van der Waals surface area (Å²) in [7, 11) is 0. The fourth-order valence-electron chi connectivity index (χ4n) is 1.33. The lowest BCUT2D eigenvalue weighted by Crippen LogP contribution is -2.00. The minimum Gasteiger partial charge on any atom is -0.294 e. The van der Waals surface area contributed by atoms with E-state index in [1.165, 1.54) is 5.56 Å². The Labute approximate surface area is 86.3 Å². The van der Waals surface area contributed by atoms with E-state index in [4.69, 9.17) is 0 Å². The van der Waals surface area contributed by atoms with Gasteiger partial charge in [0.1, 0.15) is 0 Å². The minimum absolute atomic E-state index is 0.306. The number of carbonyl (C=O) groups is 1. The third kappa shape index (κ3) is 1.83. The summed E-state index contributed by atoms with van der Waals surface area (Å²) >= 11 is 3.43. The quantitative estimate of drug-likeness (QED) is 0.723. The van der Waals surface area contributed by atoms with Crippen molar-refractivity contribution in [3.8, 4) is 0 Å². The summed E-state index contributed by atoms with van der Waals surface area (Å²) in [5.41, 5.74) is 2.02. The van der Waals surface area contributed by atoms with Crippen LogP contribution < -0.4 is 0 Å². The van der Waals surface area contributed by atoms with E-state index in [2.05, 4.69) is 15.9 Å². The standard InChI is InChI=1S/C11H11BrO/c1-7-2-3-9(6-10(7)12)11(13)8-4-5-8/h2-3,6,8H,4-5H2,1H3. The van der Waals surface area contributed by atoms with E-state index < -0.39 is 0 Å². The van der Waals surface area contributed by atoms with Crippen molar-refractivity contribution in [2.45, 2.75) is 19.8 Å². The van der Waals surface area contributed by atoms with Gasteiger partial charge in [-0.2, -0.15) is 0 Å². The average molecular weight is 239 g/mol. The van der Waals surface area contributed by atoms with E-state index in [9.17, 15) is 4.79 Å². The summed E-state index contributed by atoms with van der Waals surface area (Å²) in [6.07, 6.45) is 2.15. The molecule has 68 valence electrons. The number of halogens is 1. The van der Waals surface area contributed by atoms with Crippen molar-refractivity contribution in [2.24, 2.45) is 5.92 Å². The summed E-state index contributed by atoms with van der Waals surface area (Å²) in [5, 5.41) is 0. The number of ketones is 1. The van der Waals surface area contributed by atoms with Crippen LogP contribution in [0.3, 0.4) is 0 Å². The second-order valence-corrected chi connectivity index (χ2v) is 4.46. The van der Waals surface area contributed by atoms with E-state index in [0.29, 0.717) is 11.7 Å². The Morgan fingerprint density at radius 1 is 1.46 bits per heavy atom. The van der Waals surface area contributed by atoms with Crippen LogP contribution in [-0.2, 0) is 0 Å². The van der Waals surface area contributed by atoms with Crippen LogP contribution in [0.2, 0.25) is 0 Å². The molecule has 1 aromatic rings. The molecule has 0 spiro atoms. The van der Waals surface area contributed by atoms with E-state index in [1.807, 2.05) is 25.1 Å². The Balaban J connectivity index is 2.30. The summed E-state index contributed by atoms with van der Waals surface area (Å²) in [6, 6.07) is 5.83. The van der Waals surface area contributed by atoms with Crippen molar-refractivity contribution in [1.82, 2.24) is 0 Å². The summed E-state index contributed by atoms with van der Waals surface area (Å²) < 4.78 is 1.03. The van der Waals surface area contributed by atoms with Crippen LogP contribution in [0.4, 0.5) is 0 Å². The molecule has 0 N–H and O–H groups in total. The Morgan fingerprint density at radius 2 is 2.15 bits per heavy atom. The highest BCUT2D eigenvalue weighted by Crippen LogP contribution is 2.33. The van der Waals surface area contributed by atoms with Crippen LogP contribution >= 0.6 is 15.9 Å². The second kappa shape index (κ2) is 3.26. The lowest BCUT2D eigenvalue weighted by molar-refractivity contribution is 0.0967. The lowest BCUT2D eigenvalue weighted by Gasteiger charge is -2.01. The van der Waals surface area contributed by atoms with Gasteiger partial charge in [-0.25, -0.2) is 0 Å². The van der Waals surface area contributed by atoms with Crippen LogP contribution in [0.5, 0.6) is 0 Å². The molecule has 1 aliphatic carbocycles. The van der Waals surface area contributed by atoms with Crippen molar-refractivity contribution in [2.75, 3.05) is 0 Å². The van der Waals surface area contributed by atoms with Gasteiger partial charge in [0.2, 0.25) is 0 Å². The van der Waals surface area contributed by atoms with Crippen molar-refractivity contribution in [3.05, 3.63) is 33.8 Å². The highest BCUT2D eigenvalue weighted by atomic mass is 79.9. The zero-order chi connectivity index (χ0) is 9.42. The van der Waals surface area contributed by atoms with Gasteiger partial charge in [-0.3, -0.25) is 4.79 Å². The molecular formula is C11H11BrO. The number of benzene rings is 1. The maximum Gasteiger partial charge on any atom is 0.165 e. The average Bonchev–Trinajstić information content (AvgIpc) is 2.91. The summed E-state index contributed by atoms with van der Waals surface area (Å²) in [6.45, 7) is 2.02. The fourth-order valence-corrected chi connectivity index (χ4v) is 1.71. The smallest absolute Gasteiger partial charge is 0.165 e. The Hall–Kier alpha value is -0.630. The molecule has 0 amide bonds. The highest BCUT2D eigenvalue weighted by molar-refractivity contribution is 9.10. The van der Waals surface area contributed by atoms with Crippen LogP contribution in [0, 0.1) is 12.8 Å². The molecule has 0 unspecified atom stereocenters. The molecule has 0 bridgehead atoms. The van der Waals surface area contributed by atoms with E-state index in [1.54, 1.807) is 0 Å². The molecule has 0 atom stereocenters. The van der Waals surface area contributed by atoms with Gasteiger partial charge in [0, 0.05) is 16.0 Å². The van der Waals surface area contributed by atoms with Gasteiger partial charge >= 0.3 is 0 Å². The molecule has 2 rings (SSSR count). The van der Waals surface area contributed by atoms with E-state index in [-0.39, 0.29) is 0 Å². The van der Waals surface area contributed by atoms with Gasteiger partial charge in [0.05, 0.1) is 0 Å². The Morgan fingerprint density at radius 3 is 2.69 bits per heavy atom. The van der Waals surface area contributed by atoms with Gasteiger partial charge in [0.25, 0.3) is 0 Å². The van der Waals surface area contributed by atoms with Crippen LogP contribution in [0.15, 0.2) is 22.7 Å². The van der Waals surface area contributed by atoms with Gasteiger partial charge in [0.15, 0.2) is 5.78 Å². The Kier molecular flexibility index (Phi) is 2.24. The third-order valence-electron chi connectivity index (χ3n) is 2.40. The van der Waals surface area contributed by atoms with Crippen molar-refractivity contribution in [1.29, 1.82) is 0 Å². The maximum atomic E-state index is 11.6. The number of hydrogen-bond donors (Lipinski definition) is 0. The van der Waals surface area contributed by atoms with Crippen LogP contribution in [0.1, 0.15) is 28.8 Å². The number of rotatable bonds is 2. The largest absolute Gasteiger partial charge is 0.294 e. The predicted molar refractivity (Wildman–Crippen MR) is 55.9 cm³/mol. The molecule has 1 aliphatic rings. The van der Waals surface area contributed by atoms with Crippen LogP contribution in [-0.4, -0.2) is 5.78 Å². The molecule has 1 aromatic carbocycles. The topological polar surface area (TPSA) is 17.1 Å². The SMILES string of the molecule is Cc1ccc(C(=O)C2CC2)cc1Br. The summed E-state index contributed by atoms with van der Waals surface area (Å²) in [5.74, 6) is 0.621. The summed E-state index contributed by atoms with van der Waals surface area (Å²) in [4.78, 5) is 11.6. The molecule has 2 heteroatoms. The van der Waals surface area contributed by atoms with Gasteiger partial charge < -0.3 is 0 Å². The fraction of sp³-hybridized carbons (Fsp3) is 0.364. The molecule has 1 nitrogen and oxygen atoms in total. The van der Waals surface area contributed by atoms with Crippen molar-refractivity contribution < 1.29 is 4.79 Å². The molecule has 0 saturated heterocycles. The van der Waals surface area contributed by atoms with Crippen molar-refractivity contribution in [3.63, 3.8) is 0 Å². The predicted octanol–water partition coefficient (Wildman–Crippen LogP) is 3.35. The molecule has 0 aromatic heterocycles. The number of hydrogen-bond acceptors (Lipinski definition) is 1. The second-order valence-electron chi connectivity index (χ2n) is 3.60. The first kappa shape index (κ1) is 8.95. The lowest BCUT2D eigenvalue weighted by atomic mass is 10.1. The number of carbonyl (C=O) groups excluding carboxylic acids is 1. The normalized spacial score (nSPS) is 15.8. The highest BCUT2D eigenvalue weighted by Gasteiger charge is 2.30. The third-order valence-corrected chi connectivity index (χ3v) is 3.26. The number of aryl methyl sites for hydroxylation is 1. The minimum atomic E-state index is 0.306. The first-order chi connectivity index (χ1) is 6.18. The van der Waals surface area contributed by atoms with Crippen LogP contribution in [0.25, 0.3) is 0 Å². The Bertz CT molecular complexity index is 353. The van der Waals surface area contributed by atoms with Crippen molar-refractivity contribution >= 4 is 21.7 Å².